The molecule has 0 saturated carbocycles. The summed E-state index contributed by atoms with van der Waals surface area (Å²) in [5.74, 6) is 0. The summed E-state index contributed by atoms with van der Waals surface area (Å²) in [5, 5.41) is 10.9. The van der Waals surface area contributed by atoms with Crippen molar-refractivity contribution in [1.29, 1.82) is 5.26 Å². The van der Waals surface area contributed by atoms with E-state index >= 15 is 0 Å². The average Bonchev–Trinajstić information content (AvgIpc) is 3.36. The van der Waals surface area contributed by atoms with Gasteiger partial charge in [0.1, 0.15) is 10.0 Å². The molecule has 0 spiro atoms. The van der Waals surface area contributed by atoms with E-state index in [4.69, 9.17) is 15.2 Å². The van der Waals surface area contributed by atoms with Crippen LogP contribution in [-0.4, -0.2) is 9.97 Å². The van der Waals surface area contributed by atoms with Gasteiger partial charge in [-0.25, -0.2) is 9.97 Å². The molecule has 2 aromatic heterocycles. The first-order valence-corrected chi connectivity index (χ1v) is 10.4. The second kappa shape index (κ2) is 7.01. The molecule has 0 unspecified atom stereocenters. The Morgan fingerprint density at radius 2 is 1.29 bits per heavy atom. The second-order valence-electron chi connectivity index (χ2n) is 6.27. The predicted octanol–water partition coefficient (Wildman–Crippen LogP) is 6.37. The maximum absolute atomic E-state index is 9.05. The second-order valence-corrected chi connectivity index (χ2v) is 8.33. The molecule has 132 valence electrons. The number of para-hydroxylation sites is 2. The molecule has 0 aliphatic rings. The van der Waals surface area contributed by atoms with E-state index < -0.39 is 0 Å². The van der Waals surface area contributed by atoms with Gasteiger partial charge in [-0.1, -0.05) is 36.4 Å². The van der Waals surface area contributed by atoms with Crippen LogP contribution in [0.1, 0.15) is 21.1 Å². The van der Waals surface area contributed by atoms with E-state index in [0.717, 1.165) is 41.6 Å². The Morgan fingerprint density at radius 3 is 1.79 bits per heavy atom. The number of fused-ring (bicyclic) bond motifs is 2. The van der Waals surface area contributed by atoms with Crippen molar-refractivity contribution in [2.24, 2.45) is 0 Å². The highest BCUT2D eigenvalue weighted by molar-refractivity contribution is 7.22. The highest BCUT2D eigenvalue weighted by Crippen LogP contribution is 2.36. The monoisotopic (exact) mass is 395 g/mol. The number of benzene rings is 3. The van der Waals surface area contributed by atoms with Gasteiger partial charge >= 0.3 is 0 Å². The molecule has 0 fully saturated rings. The number of nitrogens with zero attached hydrogens (tertiary/aromatic N) is 3. The van der Waals surface area contributed by atoms with Crippen molar-refractivity contribution < 1.29 is 0 Å². The van der Waals surface area contributed by atoms with E-state index in [0.29, 0.717) is 5.56 Å². The van der Waals surface area contributed by atoms with Crippen LogP contribution in [0.2, 0.25) is 0 Å². The smallest absolute Gasteiger partial charge is 0.127 e. The number of rotatable bonds is 3. The minimum Gasteiger partial charge on any atom is -0.236 e. The first-order chi connectivity index (χ1) is 13.8. The molecule has 0 saturated heterocycles. The van der Waals surface area contributed by atoms with Crippen LogP contribution in [0.3, 0.4) is 0 Å². The Hall–Kier alpha value is -3.33. The van der Waals surface area contributed by atoms with Crippen molar-refractivity contribution in [3.8, 4) is 6.07 Å². The molecule has 5 heteroatoms. The van der Waals surface area contributed by atoms with Gasteiger partial charge in [0, 0.05) is 5.57 Å². The number of aromatic nitrogens is 2. The molecular formula is C23H13N3S2. The SMILES string of the molecule is N#Cc1ccc(C=C(c2nc3ccccc3s2)c2nc3ccccc3s2)cc1. The Bertz CT molecular complexity index is 1230. The molecule has 0 radical (unpaired) electrons. The maximum Gasteiger partial charge on any atom is 0.127 e. The highest BCUT2D eigenvalue weighted by Gasteiger charge is 2.15. The zero-order chi connectivity index (χ0) is 18.9. The van der Waals surface area contributed by atoms with Gasteiger partial charge in [0.25, 0.3) is 0 Å². The van der Waals surface area contributed by atoms with E-state index in [1.807, 2.05) is 60.7 Å². The molecule has 3 nitrogen and oxygen atoms in total. The molecule has 28 heavy (non-hydrogen) atoms. The summed E-state index contributed by atoms with van der Waals surface area (Å²) in [6.07, 6.45) is 2.11. The lowest BCUT2D eigenvalue weighted by Crippen LogP contribution is -1.87. The standard InChI is InChI=1S/C23H13N3S2/c24-14-16-11-9-15(10-12-16)13-17(22-25-18-5-1-3-7-20(18)27-22)23-26-19-6-2-4-8-21(19)28-23/h1-13H. The summed E-state index contributed by atoms with van der Waals surface area (Å²) in [4.78, 5) is 9.71. The number of thiazole rings is 2. The van der Waals surface area contributed by atoms with Crippen LogP contribution >= 0.6 is 22.7 Å². The van der Waals surface area contributed by atoms with Gasteiger partial charge in [-0.2, -0.15) is 5.26 Å². The van der Waals surface area contributed by atoms with E-state index in [9.17, 15) is 0 Å². The van der Waals surface area contributed by atoms with Crippen LogP contribution in [0.25, 0.3) is 32.1 Å². The number of nitriles is 1. The molecule has 0 aliphatic heterocycles. The Kier molecular flexibility index (Phi) is 4.21. The molecule has 0 amide bonds. The molecule has 5 rings (SSSR count). The summed E-state index contributed by atoms with van der Waals surface area (Å²) < 4.78 is 2.31. The largest absolute Gasteiger partial charge is 0.236 e. The normalized spacial score (nSPS) is 10.8. The van der Waals surface area contributed by atoms with Crippen LogP contribution < -0.4 is 0 Å². The fourth-order valence-corrected chi connectivity index (χ4v) is 5.04. The van der Waals surface area contributed by atoms with Gasteiger partial charge < -0.3 is 0 Å². The third-order valence-electron chi connectivity index (χ3n) is 4.40. The first-order valence-electron chi connectivity index (χ1n) is 8.74. The van der Waals surface area contributed by atoms with Gasteiger partial charge in [0.2, 0.25) is 0 Å². The number of hydrogen-bond acceptors (Lipinski definition) is 5. The van der Waals surface area contributed by atoms with Gasteiger partial charge in [-0.3, -0.25) is 0 Å². The number of hydrogen-bond donors (Lipinski definition) is 0. The minimum atomic E-state index is 0.652. The van der Waals surface area contributed by atoms with Crippen LogP contribution in [0.5, 0.6) is 0 Å². The molecule has 3 aromatic carbocycles. The zero-order valence-electron chi connectivity index (χ0n) is 14.7. The van der Waals surface area contributed by atoms with Crippen LogP contribution in [-0.2, 0) is 0 Å². The summed E-state index contributed by atoms with van der Waals surface area (Å²) in [6, 6.07) is 26.1. The molecule has 0 N–H and O–H groups in total. The van der Waals surface area contributed by atoms with Crippen molar-refractivity contribution >= 4 is 54.8 Å². The molecule has 5 aromatic rings. The summed E-state index contributed by atoms with van der Waals surface area (Å²) >= 11 is 3.34. The van der Waals surface area contributed by atoms with Crippen molar-refractivity contribution in [3.05, 3.63) is 93.9 Å². The van der Waals surface area contributed by atoms with E-state index in [2.05, 4.69) is 24.3 Å². The van der Waals surface area contributed by atoms with Crippen LogP contribution in [0.15, 0.2) is 72.8 Å². The summed E-state index contributed by atoms with van der Waals surface area (Å²) in [5.41, 5.74) is 4.67. The first kappa shape index (κ1) is 16.8. The zero-order valence-corrected chi connectivity index (χ0v) is 16.3. The van der Waals surface area contributed by atoms with E-state index in [1.54, 1.807) is 22.7 Å². The summed E-state index contributed by atoms with van der Waals surface area (Å²) in [6.45, 7) is 0. The van der Waals surface area contributed by atoms with Gasteiger partial charge in [-0.05, 0) is 48.0 Å². The average molecular weight is 396 g/mol. The van der Waals surface area contributed by atoms with Crippen LogP contribution in [0.4, 0.5) is 0 Å². The van der Waals surface area contributed by atoms with Gasteiger partial charge in [0.15, 0.2) is 0 Å². The van der Waals surface area contributed by atoms with E-state index in [-0.39, 0.29) is 0 Å². The van der Waals surface area contributed by atoms with Crippen molar-refractivity contribution in [2.45, 2.75) is 0 Å². The fraction of sp³-hybridized carbons (Fsp3) is 0. The van der Waals surface area contributed by atoms with Gasteiger partial charge in [-0.15, -0.1) is 22.7 Å². The maximum atomic E-state index is 9.05. The predicted molar refractivity (Wildman–Crippen MR) is 117 cm³/mol. The third kappa shape index (κ3) is 3.09. The van der Waals surface area contributed by atoms with Gasteiger partial charge in [0.05, 0.1) is 32.1 Å². The molecule has 0 bridgehead atoms. The van der Waals surface area contributed by atoms with Crippen LogP contribution in [0, 0.1) is 11.3 Å². The Labute approximate surface area is 169 Å². The van der Waals surface area contributed by atoms with E-state index in [1.165, 1.54) is 0 Å². The molecule has 0 aliphatic carbocycles. The van der Waals surface area contributed by atoms with Crippen molar-refractivity contribution in [1.82, 2.24) is 9.97 Å². The quantitative estimate of drug-likeness (QED) is 0.357. The third-order valence-corrected chi connectivity index (χ3v) is 6.54. The fourth-order valence-electron chi connectivity index (χ4n) is 3.01. The minimum absolute atomic E-state index is 0.652. The summed E-state index contributed by atoms with van der Waals surface area (Å²) in [7, 11) is 0. The molecular weight excluding hydrogens is 382 g/mol. The van der Waals surface area contributed by atoms with Crippen molar-refractivity contribution in [2.75, 3.05) is 0 Å². The molecule has 2 heterocycles. The van der Waals surface area contributed by atoms with Crippen molar-refractivity contribution in [3.63, 3.8) is 0 Å². The lowest BCUT2D eigenvalue weighted by molar-refractivity contribution is 1.39. The topological polar surface area (TPSA) is 49.6 Å². The Morgan fingerprint density at radius 1 is 0.750 bits per heavy atom. The lowest BCUT2D eigenvalue weighted by Gasteiger charge is -2.01. The highest BCUT2D eigenvalue weighted by atomic mass is 32.1. The molecule has 0 atom stereocenters. The lowest BCUT2D eigenvalue weighted by atomic mass is 10.1. The Balaban J connectivity index is 1.70.